The minimum Gasteiger partial charge on any atom is -0.489 e. The Morgan fingerprint density at radius 2 is 1.91 bits per heavy atom. The van der Waals surface area contributed by atoms with E-state index in [1.165, 1.54) is 12.7 Å². The number of carbonyl (C=O) groups is 1. The number of methoxy groups -OCH3 is 1. The van der Waals surface area contributed by atoms with Gasteiger partial charge >= 0.3 is 5.97 Å². The van der Waals surface area contributed by atoms with Gasteiger partial charge in [-0.25, -0.2) is 9.48 Å². The molecule has 33 heavy (non-hydrogen) atoms. The summed E-state index contributed by atoms with van der Waals surface area (Å²) in [4.78, 5) is 17.5. The number of nitrogens with one attached hydrogen (secondary N) is 1. The SMILES string of the molecule is CCCSc1nc2n(n1)C(c1ccccc1OCc1ccccc1C)C(C(=O)OC)=C(C)N2. The predicted octanol–water partition coefficient (Wildman–Crippen LogP) is 5.13. The Kier molecular flexibility index (Phi) is 7.03. The molecule has 0 amide bonds. The quantitative estimate of drug-likeness (QED) is 0.366. The lowest BCUT2D eigenvalue weighted by Gasteiger charge is -2.29. The fraction of sp³-hybridized carbons (Fsp3) is 0.320. The topological polar surface area (TPSA) is 78.3 Å². The first-order chi connectivity index (χ1) is 16.0. The van der Waals surface area contributed by atoms with Crippen LogP contribution in [0.5, 0.6) is 5.75 Å². The van der Waals surface area contributed by atoms with Crippen LogP contribution in [0.4, 0.5) is 5.95 Å². The third-order valence-electron chi connectivity index (χ3n) is 5.53. The summed E-state index contributed by atoms with van der Waals surface area (Å²) in [5.74, 6) is 1.78. The Bertz CT molecular complexity index is 1190. The summed E-state index contributed by atoms with van der Waals surface area (Å²) in [6, 6.07) is 15.4. The summed E-state index contributed by atoms with van der Waals surface area (Å²) in [6.07, 6.45) is 1.02. The number of aromatic nitrogens is 3. The van der Waals surface area contributed by atoms with E-state index in [1.54, 1.807) is 16.4 Å². The van der Waals surface area contributed by atoms with Gasteiger partial charge < -0.3 is 14.8 Å². The van der Waals surface area contributed by atoms with Gasteiger partial charge in [-0.1, -0.05) is 61.2 Å². The maximum absolute atomic E-state index is 12.9. The van der Waals surface area contributed by atoms with Crippen LogP contribution < -0.4 is 10.1 Å². The average molecular weight is 465 g/mol. The summed E-state index contributed by atoms with van der Waals surface area (Å²) < 4.78 is 13.2. The van der Waals surface area contributed by atoms with E-state index in [2.05, 4.69) is 36.3 Å². The average Bonchev–Trinajstić information content (AvgIpc) is 3.23. The maximum Gasteiger partial charge on any atom is 0.338 e. The Hall–Kier alpha value is -3.26. The molecule has 1 N–H and O–H groups in total. The molecular formula is C25H28N4O3S. The van der Waals surface area contributed by atoms with Crippen molar-refractivity contribution >= 4 is 23.7 Å². The van der Waals surface area contributed by atoms with Gasteiger partial charge in [0.2, 0.25) is 11.1 Å². The number of nitrogens with zero attached hydrogens (tertiary/aromatic N) is 3. The Morgan fingerprint density at radius 1 is 1.15 bits per heavy atom. The number of para-hydroxylation sites is 1. The lowest BCUT2D eigenvalue weighted by Crippen LogP contribution is -2.29. The van der Waals surface area contributed by atoms with Crippen LogP contribution in [0.3, 0.4) is 0 Å². The minimum absolute atomic E-state index is 0.414. The zero-order valence-electron chi connectivity index (χ0n) is 19.3. The molecule has 3 aromatic rings. The van der Waals surface area contributed by atoms with Gasteiger partial charge in [0.05, 0.1) is 12.7 Å². The second kappa shape index (κ2) is 10.1. The van der Waals surface area contributed by atoms with Gasteiger partial charge in [-0.2, -0.15) is 4.98 Å². The van der Waals surface area contributed by atoms with Gasteiger partial charge in [0.1, 0.15) is 18.4 Å². The van der Waals surface area contributed by atoms with Crippen molar-refractivity contribution in [3.8, 4) is 5.75 Å². The Labute approximate surface area is 198 Å². The van der Waals surface area contributed by atoms with E-state index >= 15 is 0 Å². The smallest absolute Gasteiger partial charge is 0.338 e. The number of esters is 1. The molecule has 1 aliphatic heterocycles. The lowest BCUT2D eigenvalue weighted by molar-refractivity contribution is -0.136. The van der Waals surface area contributed by atoms with E-state index < -0.39 is 12.0 Å². The van der Waals surface area contributed by atoms with Crippen molar-refractivity contribution in [2.75, 3.05) is 18.2 Å². The summed E-state index contributed by atoms with van der Waals surface area (Å²) in [6.45, 7) is 6.46. The van der Waals surface area contributed by atoms with Crippen LogP contribution in [-0.2, 0) is 16.1 Å². The van der Waals surface area contributed by atoms with Crippen LogP contribution in [-0.4, -0.2) is 33.6 Å². The molecule has 0 fully saturated rings. The molecule has 2 heterocycles. The number of carbonyl (C=O) groups excluding carboxylic acids is 1. The number of hydrogen-bond donors (Lipinski definition) is 1. The molecule has 0 aliphatic carbocycles. The number of allylic oxidation sites excluding steroid dienone is 1. The first kappa shape index (κ1) is 22.9. The number of aryl methyl sites for hydroxylation is 1. The first-order valence-corrected chi connectivity index (χ1v) is 11.9. The van der Waals surface area contributed by atoms with E-state index in [-0.39, 0.29) is 0 Å². The molecule has 172 valence electrons. The van der Waals surface area contributed by atoms with Crippen molar-refractivity contribution in [1.82, 2.24) is 14.8 Å². The van der Waals surface area contributed by atoms with Crippen LogP contribution in [0.15, 0.2) is 65.0 Å². The summed E-state index contributed by atoms with van der Waals surface area (Å²) in [5.41, 5.74) is 4.27. The lowest BCUT2D eigenvalue weighted by atomic mass is 9.95. The molecule has 8 heteroatoms. The zero-order valence-corrected chi connectivity index (χ0v) is 20.1. The molecule has 1 unspecified atom stereocenters. The normalized spacial score (nSPS) is 15.1. The largest absolute Gasteiger partial charge is 0.489 e. The number of ether oxygens (including phenoxy) is 2. The highest BCUT2D eigenvalue weighted by Crippen LogP contribution is 2.40. The molecule has 7 nitrogen and oxygen atoms in total. The van der Waals surface area contributed by atoms with Crippen LogP contribution in [0.2, 0.25) is 0 Å². The van der Waals surface area contributed by atoms with Gasteiger partial charge in [-0.15, -0.1) is 5.10 Å². The highest BCUT2D eigenvalue weighted by atomic mass is 32.2. The molecule has 0 saturated heterocycles. The molecule has 1 aliphatic rings. The molecule has 0 spiro atoms. The number of rotatable bonds is 8. The van der Waals surface area contributed by atoms with Crippen molar-refractivity contribution in [3.63, 3.8) is 0 Å². The Balaban J connectivity index is 1.76. The van der Waals surface area contributed by atoms with Crippen molar-refractivity contribution < 1.29 is 14.3 Å². The third kappa shape index (κ3) is 4.75. The molecule has 4 rings (SSSR count). The molecule has 0 radical (unpaired) electrons. The number of thioether (sulfide) groups is 1. The van der Waals surface area contributed by atoms with Crippen LogP contribution in [0.1, 0.15) is 43.0 Å². The van der Waals surface area contributed by atoms with Crippen LogP contribution >= 0.6 is 11.8 Å². The third-order valence-corrected chi connectivity index (χ3v) is 6.58. The first-order valence-electron chi connectivity index (χ1n) is 10.9. The zero-order chi connectivity index (χ0) is 23.4. The minimum atomic E-state index is -0.523. The van der Waals surface area contributed by atoms with E-state index in [9.17, 15) is 4.79 Å². The molecule has 2 aromatic carbocycles. The number of anilines is 1. The number of hydrogen-bond acceptors (Lipinski definition) is 7. The number of benzene rings is 2. The Morgan fingerprint density at radius 3 is 2.67 bits per heavy atom. The molecule has 1 atom stereocenters. The van der Waals surface area contributed by atoms with Gasteiger partial charge in [0, 0.05) is 17.0 Å². The van der Waals surface area contributed by atoms with Crippen molar-refractivity contribution in [2.24, 2.45) is 0 Å². The van der Waals surface area contributed by atoms with Crippen molar-refractivity contribution in [1.29, 1.82) is 0 Å². The highest BCUT2D eigenvalue weighted by Gasteiger charge is 2.36. The van der Waals surface area contributed by atoms with E-state index in [0.717, 1.165) is 23.3 Å². The predicted molar refractivity (Wildman–Crippen MR) is 129 cm³/mol. The summed E-state index contributed by atoms with van der Waals surface area (Å²) >= 11 is 1.59. The van der Waals surface area contributed by atoms with Gasteiger partial charge in [0.25, 0.3) is 0 Å². The fourth-order valence-corrected chi connectivity index (χ4v) is 4.50. The van der Waals surface area contributed by atoms with E-state index in [1.807, 2.05) is 43.3 Å². The second-order valence-corrected chi connectivity index (χ2v) is 8.88. The second-order valence-electron chi connectivity index (χ2n) is 7.82. The van der Waals surface area contributed by atoms with E-state index in [0.29, 0.717) is 34.7 Å². The fourth-order valence-electron chi connectivity index (χ4n) is 3.81. The maximum atomic E-state index is 12.9. The van der Waals surface area contributed by atoms with Crippen molar-refractivity contribution in [2.45, 2.75) is 45.0 Å². The summed E-state index contributed by atoms with van der Waals surface area (Å²) in [7, 11) is 1.39. The standard InChI is InChI=1S/C25H28N4O3S/c1-5-14-33-25-27-24-26-17(3)21(23(30)31-4)22(29(24)28-25)19-12-8-9-13-20(19)32-15-18-11-7-6-10-16(18)2/h6-13,22H,5,14-15H2,1-4H3,(H,26,27,28). The monoisotopic (exact) mass is 464 g/mol. The molecule has 0 saturated carbocycles. The molecule has 0 bridgehead atoms. The van der Waals surface area contributed by atoms with Crippen molar-refractivity contribution in [3.05, 3.63) is 76.5 Å². The van der Waals surface area contributed by atoms with Crippen LogP contribution in [0.25, 0.3) is 0 Å². The van der Waals surface area contributed by atoms with Gasteiger partial charge in [0.15, 0.2) is 0 Å². The van der Waals surface area contributed by atoms with Gasteiger partial charge in [-0.3, -0.25) is 0 Å². The summed E-state index contributed by atoms with van der Waals surface area (Å²) in [5, 5.41) is 8.62. The van der Waals surface area contributed by atoms with E-state index in [4.69, 9.17) is 14.6 Å². The number of fused-ring (bicyclic) bond motifs is 1. The molecular weight excluding hydrogens is 436 g/mol. The van der Waals surface area contributed by atoms with Crippen LogP contribution in [0, 0.1) is 6.92 Å². The van der Waals surface area contributed by atoms with Gasteiger partial charge in [-0.05, 0) is 37.5 Å². The molecule has 1 aromatic heterocycles. The highest BCUT2D eigenvalue weighted by molar-refractivity contribution is 7.99.